The molecule has 6 heteroatoms. The zero-order valence-corrected chi connectivity index (χ0v) is 15.3. The number of anilines is 1. The normalized spacial score (nSPS) is 19.2. The lowest BCUT2D eigenvalue weighted by Gasteiger charge is -2.37. The highest BCUT2D eigenvalue weighted by atomic mass is 16.7. The highest BCUT2D eigenvalue weighted by molar-refractivity contribution is 5.74. The molecule has 25 heavy (non-hydrogen) atoms. The van der Waals surface area contributed by atoms with Gasteiger partial charge in [0.05, 0.1) is 13.2 Å². The molecular weight excluding hydrogens is 318 g/mol. The maximum absolute atomic E-state index is 12.4. The number of likely N-dealkylation sites (tertiary alicyclic amines) is 1. The second kappa shape index (κ2) is 8.06. The summed E-state index contributed by atoms with van der Waals surface area (Å²) in [6, 6.07) is 8.36. The molecule has 2 aliphatic rings. The monoisotopic (exact) mass is 347 g/mol. The van der Waals surface area contributed by atoms with Gasteiger partial charge in [-0.25, -0.2) is 4.79 Å². The van der Waals surface area contributed by atoms with Gasteiger partial charge in [0.2, 0.25) is 0 Å². The Kier molecular flexibility index (Phi) is 5.81. The van der Waals surface area contributed by atoms with Crippen LogP contribution in [0.2, 0.25) is 0 Å². The molecule has 2 heterocycles. The van der Waals surface area contributed by atoms with E-state index in [0.717, 1.165) is 25.9 Å². The van der Waals surface area contributed by atoms with Crippen molar-refractivity contribution in [3.63, 3.8) is 0 Å². The molecule has 0 bridgehead atoms. The summed E-state index contributed by atoms with van der Waals surface area (Å²) in [6.45, 7) is 9.31. The number of carbonyl (C=O) groups is 1. The third-order valence-electron chi connectivity index (χ3n) is 5.12. The number of amides is 2. The van der Waals surface area contributed by atoms with Gasteiger partial charge in [0.15, 0.2) is 5.79 Å². The molecule has 138 valence electrons. The Balaban J connectivity index is 1.44. The molecule has 1 spiro atoms. The van der Waals surface area contributed by atoms with Crippen LogP contribution in [0.5, 0.6) is 0 Å². The Hall–Kier alpha value is -1.79. The smallest absolute Gasteiger partial charge is 0.317 e. The van der Waals surface area contributed by atoms with Crippen molar-refractivity contribution >= 4 is 11.7 Å². The van der Waals surface area contributed by atoms with E-state index in [1.165, 1.54) is 11.3 Å². The molecule has 2 aliphatic heterocycles. The van der Waals surface area contributed by atoms with E-state index in [4.69, 9.17) is 9.47 Å². The molecule has 2 fully saturated rings. The number of nitrogens with one attached hydrogen (secondary N) is 1. The van der Waals surface area contributed by atoms with Crippen molar-refractivity contribution in [2.75, 3.05) is 50.8 Å². The van der Waals surface area contributed by atoms with Crippen molar-refractivity contribution in [2.45, 2.75) is 32.5 Å². The van der Waals surface area contributed by atoms with Crippen molar-refractivity contribution < 1.29 is 14.3 Å². The summed E-state index contributed by atoms with van der Waals surface area (Å²) in [4.78, 5) is 16.5. The molecule has 0 radical (unpaired) electrons. The number of aryl methyl sites for hydroxylation is 1. The van der Waals surface area contributed by atoms with Crippen LogP contribution in [0.25, 0.3) is 0 Å². The number of urea groups is 1. The zero-order chi connectivity index (χ0) is 17.7. The van der Waals surface area contributed by atoms with E-state index in [0.29, 0.717) is 32.8 Å². The summed E-state index contributed by atoms with van der Waals surface area (Å²) in [5.74, 6) is -0.430. The lowest BCUT2D eigenvalue weighted by molar-refractivity contribution is -0.181. The molecule has 3 rings (SSSR count). The minimum Gasteiger partial charge on any atom is -0.370 e. The summed E-state index contributed by atoms with van der Waals surface area (Å²) in [5, 5.41) is 3.05. The quantitative estimate of drug-likeness (QED) is 0.888. The van der Waals surface area contributed by atoms with Crippen LogP contribution in [0.4, 0.5) is 10.5 Å². The topological polar surface area (TPSA) is 54.0 Å². The van der Waals surface area contributed by atoms with Gasteiger partial charge >= 0.3 is 6.03 Å². The first kappa shape index (κ1) is 18.0. The molecular formula is C19H29N3O3. The van der Waals surface area contributed by atoms with Crippen LogP contribution >= 0.6 is 0 Å². The van der Waals surface area contributed by atoms with Gasteiger partial charge in [-0.05, 0) is 25.5 Å². The number of rotatable bonds is 5. The van der Waals surface area contributed by atoms with Crippen LogP contribution in [0.1, 0.15) is 25.3 Å². The van der Waals surface area contributed by atoms with Crippen LogP contribution < -0.4 is 10.2 Å². The molecule has 2 amide bonds. The molecule has 0 saturated carbocycles. The van der Waals surface area contributed by atoms with E-state index < -0.39 is 5.79 Å². The van der Waals surface area contributed by atoms with Crippen LogP contribution in [0.3, 0.4) is 0 Å². The number of nitrogens with zero attached hydrogens (tertiary/aromatic N) is 2. The molecule has 1 N–H and O–H groups in total. The summed E-state index contributed by atoms with van der Waals surface area (Å²) in [7, 11) is 0. The average molecular weight is 347 g/mol. The van der Waals surface area contributed by atoms with E-state index in [-0.39, 0.29) is 6.03 Å². The highest BCUT2D eigenvalue weighted by Gasteiger charge is 2.40. The number of ether oxygens (including phenoxy) is 2. The molecule has 2 saturated heterocycles. The van der Waals surface area contributed by atoms with E-state index in [9.17, 15) is 4.79 Å². The van der Waals surface area contributed by atoms with Gasteiger partial charge < -0.3 is 24.6 Å². The van der Waals surface area contributed by atoms with Crippen LogP contribution in [0, 0.1) is 6.92 Å². The fraction of sp³-hybridized carbons (Fsp3) is 0.632. The number of benzene rings is 1. The Labute approximate surface area is 150 Å². The fourth-order valence-corrected chi connectivity index (χ4v) is 3.61. The van der Waals surface area contributed by atoms with Crippen molar-refractivity contribution in [2.24, 2.45) is 0 Å². The fourth-order valence-electron chi connectivity index (χ4n) is 3.61. The first-order chi connectivity index (χ1) is 12.1. The summed E-state index contributed by atoms with van der Waals surface area (Å²) in [5.41, 5.74) is 2.49. The van der Waals surface area contributed by atoms with E-state index in [1.54, 1.807) is 0 Å². The van der Waals surface area contributed by atoms with Gasteiger partial charge in [-0.2, -0.15) is 0 Å². The molecule has 0 aliphatic carbocycles. The number of hydrogen-bond acceptors (Lipinski definition) is 4. The van der Waals surface area contributed by atoms with Gasteiger partial charge in [-0.1, -0.05) is 18.2 Å². The number of para-hydroxylation sites is 1. The number of piperidine rings is 1. The Morgan fingerprint density at radius 2 is 1.92 bits per heavy atom. The second-order valence-corrected chi connectivity index (χ2v) is 6.69. The second-order valence-electron chi connectivity index (χ2n) is 6.69. The van der Waals surface area contributed by atoms with Gasteiger partial charge in [0.1, 0.15) is 0 Å². The van der Waals surface area contributed by atoms with Gasteiger partial charge in [0.25, 0.3) is 0 Å². The Bertz CT molecular complexity index is 577. The Morgan fingerprint density at radius 3 is 2.56 bits per heavy atom. The molecule has 0 unspecified atom stereocenters. The van der Waals surface area contributed by atoms with Gasteiger partial charge in [-0.15, -0.1) is 0 Å². The van der Waals surface area contributed by atoms with Gasteiger partial charge in [-0.3, -0.25) is 0 Å². The average Bonchev–Trinajstić information content (AvgIpc) is 3.08. The third kappa shape index (κ3) is 4.25. The predicted octanol–water partition coefficient (Wildman–Crippen LogP) is 2.37. The third-order valence-corrected chi connectivity index (χ3v) is 5.12. The number of likely N-dealkylation sites (N-methyl/N-ethyl adjacent to an activating group) is 1. The van der Waals surface area contributed by atoms with Crippen molar-refractivity contribution in [1.82, 2.24) is 10.2 Å². The van der Waals surface area contributed by atoms with Crippen LogP contribution in [0.15, 0.2) is 24.3 Å². The van der Waals surface area contributed by atoms with Gasteiger partial charge in [0, 0.05) is 51.3 Å². The maximum atomic E-state index is 12.4. The molecule has 1 aromatic carbocycles. The summed E-state index contributed by atoms with van der Waals surface area (Å²) < 4.78 is 11.4. The first-order valence-corrected chi connectivity index (χ1v) is 9.25. The molecule has 0 atom stereocenters. The first-order valence-electron chi connectivity index (χ1n) is 9.25. The van der Waals surface area contributed by atoms with E-state index >= 15 is 0 Å². The van der Waals surface area contributed by atoms with E-state index in [1.807, 2.05) is 4.90 Å². The lowest BCUT2D eigenvalue weighted by Crippen LogP contribution is -2.51. The maximum Gasteiger partial charge on any atom is 0.317 e. The molecule has 0 aromatic heterocycles. The predicted molar refractivity (Wildman–Crippen MR) is 97.9 cm³/mol. The largest absolute Gasteiger partial charge is 0.370 e. The van der Waals surface area contributed by atoms with Crippen LogP contribution in [-0.4, -0.2) is 62.7 Å². The molecule has 1 aromatic rings. The van der Waals surface area contributed by atoms with Crippen molar-refractivity contribution in [3.05, 3.63) is 29.8 Å². The standard InChI is InChI=1S/C19H29N3O3/c1-3-21(17-7-5-4-6-16(17)2)13-10-20-18(23)22-11-8-19(9-12-22)24-14-15-25-19/h4-7H,3,8-15H2,1-2H3,(H,20,23). The molecule has 6 nitrogen and oxygen atoms in total. The zero-order valence-electron chi connectivity index (χ0n) is 15.3. The number of carbonyl (C=O) groups excluding carboxylic acids is 1. The minimum absolute atomic E-state index is 0.00804. The van der Waals surface area contributed by atoms with E-state index in [2.05, 4.69) is 48.3 Å². The Morgan fingerprint density at radius 1 is 1.24 bits per heavy atom. The van der Waals surface area contributed by atoms with Crippen LogP contribution in [-0.2, 0) is 9.47 Å². The van der Waals surface area contributed by atoms with Crippen molar-refractivity contribution in [1.29, 1.82) is 0 Å². The SMILES string of the molecule is CCN(CCNC(=O)N1CCC2(CC1)OCCO2)c1ccccc1C. The minimum atomic E-state index is -0.430. The summed E-state index contributed by atoms with van der Waals surface area (Å²) in [6.07, 6.45) is 1.51. The lowest BCUT2D eigenvalue weighted by atomic mass is 10.0. The number of hydrogen-bond donors (Lipinski definition) is 1. The highest BCUT2D eigenvalue weighted by Crippen LogP contribution is 2.31. The summed E-state index contributed by atoms with van der Waals surface area (Å²) >= 11 is 0. The van der Waals surface area contributed by atoms with Crippen molar-refractivity contribution in [3.8, 4) is 0 Å².